The molecule has 0 saturated heterocycles. The van der Waals surface area contributed by atoms with Crippen molar-refractivity contribution in [2.45, 2.75) is 25.5 Å². The molecule has 0 N–H and O–H groups in total. The molecule has 1 aliphatic rings. The molecule has 100 valence electrons. The summed E-state index contributed by atoms with van der Waals surface area (Å²) in [7, 11) is 2.83. The number of carbonyl (C=O) groups is 1. The van der Waals surface area contributed by atoms with Gasteiger partial charge in [-0.05, 0) is 23.9 Å². The maximum Gasteiger partial charge on any atom is 0.333 e. The summed E-state index contributed by atoms with van der Waals surface area (Å²) in [5.41, 5.74) is 9.00. The molecule has 0 radical (unpaired) electrons. The maximum absolute atomic E-state index is 11.5. The second kappa shape index (κ2) is 7.00. The van der Waals surface area contributed by atoms with Gasteiger partial charge in [0.25, 0.3) is 0 Å². The molecule has 0 aromatic rings. The van der Waals surface area contributed by atoms with Crippen molar-refractivity contribution >= 4 is 5.97 Å². The van der Waals surface area contributed by atoms with Crippen LogP contribution >= 0.6 is 0 Å². The molecule has 1 aliphatic carbocycles. The summed E-state index contributed by atoms with van der Waals surface area (Å²) in [6.07, 6.45) is 1.74. The molecule has 0 heterocycles. The fourth-order valence-electron chi connectivity index (χ4n) is 1.89. The third-order valence-corrected chi connectivity index (χ3v) is 2.95. The number of carbonyl (C=O) groups excluding carboxylic acids is 1. The minimum absolute atomic E-state index is 0.0237. The van der Waals surface area contributed by atoms with Gasteiger partial charge in [-0.15, -0.1) is 0 Å². The molecule has 3 atom stereocenters. The first-order valence-corrected chi connectivity index (χ1v) is 5.57. The molecule has 0 aromatic carbocycles. The maximum atomic E-state index is 11.5. The van der Waals surface area contributed by atoms with Crippen LogP contribution < -0.4 is 0 Å². The van der Waals surface area contributed by atoms with Gasteiger partial charge in [0, 0.05) is 23.6 Å². The van der Waals surface area contributed by atoms with Crippen LogP contribution in [0.2, 0.25) is 0 Å². The van der Waals surface area contributed by atoms with Crippen molar-refractivity contribution in [3.63, 3.8) is 0 Å². The van der Waals surface area contributed by atoms with Crippen LogP contribution in [-0.4, -0.2) is 39.1 Å². The van der Waals surface area contributed by atoms with Crippen LogP contribution in [0.3, 0.4) is 0 Å². The SMILES string of the molecule is COCOC1C=C(C(=O)OC)CC(N=[N+]=[N-])[C@H]1C. The molecule has 0 aromatic heterocycles. The van der Waals surface area contributed by atoms with Gasteiger partial charge >= 0.3 is 5.97 Å². The lowest BCUT2D eigenvalue weighted by molar-refractivity contribution is -0.137. The zero-order valence-electron chi connectivity index (χ0n) is 10.7. The molecule has 0 amide bonds. The van der Waals surface area contributed by atoms with E-state index in [0.29, 0.717) is 12.0 Å². The van der Waals surface area contributed by atoms with Crippen molar-refractivity contribution in [3.05, 3.63) is 22.1 Å². The van der Waals surface area contributed by atoms with Crippen molar-refractivity contribution < 1.29 is 19.0 Å². The van der Waals surface area contributed by atoms with Crippen LogP contribution in [0, 0.1) is 5.92 Å². The molecule has 2 unspecified atom stereocenters. The van der Waals surface area contributed by atoms with Crippen LogP contribution in [0.4, 0.5) is 0 Å². The van der Waals surface area contributed by atoms with Crippen LogP contribution in [-0.2, 0) is 19.0 Å². The van der Waals surface area contributed by atoms with Gasteiger partial charge < -0.3 is 14.2 Å². The van der Waals surface area contributed by atoms with Crippen LogP contribution in [0.1, 0.15) is 13.3 Å². The lowest BCUT2D eigenvalue weighted by Gasteiger charge is -2.31. The van der Waals surface area contributed by atoms with Gasteiger partial charge in [-0.1, -0.05) is 12.0 Å². The topological polar surface area (TPSA) is 93.5 Å². The summed E-state index contributed by atoms with van der Waals surface area (Å²) >= 11 is 0. The van der Waals surface area contributed by atoms with Crippen molar-refractivity contribution in [3.8, 4) is 0 Å². The molecule has 18 heavy (non-hydrogen) atoms. The number of hydrogen-bond acceptors (Lipinski definition) is 5. The van der Waals surface area contributed by atoms with Gasteiger partial charge in [0.15, 0.2) is 0 Å². The van der Waals surface area contributed by atoms with E-state index >= 15 is 0 Å². The van der Waals surface area contributed by atoms with Crippen LogP contribution in [0.15, 0.2) is 16.8 Å². The molecule has 0 aliphatic heterocycles. The van der Waals surface area contributed by atoms with Crippen LogP contribution in [0.5, 0.6) is 0 Å². The van der Waals surface area contributed by atoms with E-state index in [0.717, 1.165) is 0 Å². The van der Waals surface area contributed by atoms with E-state index in [4.69, 9.17) is 15.0 Å². The molecule has 0 saturated carbocycles. The second-order valence-corrected chi connectivity index (χ2v) is 4.06. The number of nitrogens with zero attached hydrogens (tertiary/aromatic N) is 3. The number of rotatable bonds is 5. The zero-order valence-corrected chi connectivity index (χ0v) is 10.7. The fourth-order valence-corrected chi connectivity index (χ4v) is 1.89. The Bertz CT molecular complexity index is 376. The highest BCUT2D eigenvalue weighted by Crippen LogP contribution is 2.29. The van der Waals surface area contributed by atoms with Crippen molar-refractivity contribution in [2.75, 3.05) is 21.0 Å². The Labute approximate surface area is 105 Å². The van der Waals surface area contributed by atoms with E-state index < -0.39 is 5.97 Å². The highest BCUT2D eigenvalue weighted by molar-refractivity contribution is 5.88. The summed E-state index contributed by atoms with van der Waals surface area (Å²) < 4.78 is 15.0. The minimum Gasteiger partial charge on any atom is -0.466 e. The molecular formula is C11H17N3O4. The molecule has 0 fully saturated rings. The zero-order chi connectivity index (χ0) is 13.5. The Morgan fingerprint density at radius 1 is 1.61 bits per heavy atom. The number of hydrogen-bond donors (Lipinski definition) is 0. The Balaban J connectivity index is 2.90. The Morgan fingerprint density at radius 3 is 2.89 bits per heavy atom. The number of azide groups is 1. The molecule has 7 heteroatoms. The number of esters is 1. The largest absolute Gasteiger partial charge is 0.466 e. The van der Waals surface area contributed by atoms with E-state index in [-0.39, 0.29) is 24.9 Å². The first-order chi connectivity index (χ1) is 8.63. The average molecular weight is 255 g/mol. The molecule has 0 bridgehead atoms. The van der Waals surface area contributed by atoms with Gasteiger partial charge in [0.1, 0.15) is 6.79 Å². The van der Waals surface area contributed by atoms with Gasteiger partial charge in [0.2, 0.25) is 0 Å². The molecule has 0 spiro atoms. The Kier molecular flexibility index (Phi) is 5.64. The third kappa shape index (κ3) is 3.46. The van der Waals surface area contributed by atoms with E-state index in [1.54, 1.807) is 6.08 Å². The van der Waals surface area contributed by atoms with Crippen LogP contribution in [0.25, 0.3) is 10.4 Å². The first kappa shape index (κ1) is 14.5. The predicted molar refractivity (Wildman–Crippen MR) is 63.6 cm³/mol. The second-order valence-electron chi connectivity index (χ2n) is 4.06. The van der Waals surface area contributed by atoms with Crippen molar-refractivity contribution in [1.29, 1.82) is 0 Å². The lowest BCUT2D eigenvalue weighted by Crippen LogP contribution is -2.35. The Morgan fingerprint density at radius 2 is 2.33 bits per heavy atom. The van der Waals surface area contributed by atoms with Gasteiger partial charge in [0.05, 0.1) is 13.2 Å². The number of ether oxygens (including phenoxy) is 3. The summed E-state index contributed by atoms with van der Waals surface area (Å²) in [6.45, 7) is 2.02. The molecule has 1 rings (SSSR count). The highest BCUT2D eigenvalue weighted by atomic mass is 16.7. The minimum atomic E-state index is -0.425. The van der Waals surface area contributed by atoms with Gasteiger partial charge in [-0.3, -0.25) is 0 Å². The van der Waals surface area contributed by atoms with Crippen molar-refractivity contribution in [2.24, 2.45) is 11.0 Å². The quantitative estimate of drug-likeness (QED) is 0.246. The van der Waals surface area contributed by atoms with E-state index in [2.05, 4.69) is 14.8 Å². The lowest BCUT2D eigenvalue weighted by atomic mass is 9.84. The third-order valence-electron chi connectivity index (χ3n) is 2.95. The summed E-state index contributed by atoms with van der Waals surface area (Å²) in [5, 5.41) is 3.70. The molecule has 7 nitrogen and oxygen atoms in total. The van der Waals surface area contributed by atoms with E-state index in [9.17, 15) is 4.79 Å². The van der Waals surface area contributed by atoms with E-state index in [1.165, 1.54) is 14.2 Å². The molecular weight excluding hydrogens is 238 g/mol. The summed E-state index contributed by atoms with van der Waals surface area (Å²) in [4.78, 5) is 14.3. The monoisotopic (exact) mass is 255 g/mol. The van der Waals surface area contributed by atoms with E-state index in [1.807, 2.05) is 6.92 Å². The normalized spacial score (nSPS) is 27.1. The smallest absolute Gasteiger partial charge is 0.333 e. The highest BCUT2D eigenvalue weighted by Gasteiger charge is 2.32. The van der Waals surface area contributed by atoms with Crippen molar-refractivity contribution in [1.82, 2.24) is 0 Å². The Hall–Kier alpha value is -1.56. The summed E-state index contributed by atoms with van der Waals surface area (Å²) in [5.74, 6) is -0.449. The average Bonchev–Trinajstić information content (AvgIpc) is 2.39. The van der Waals surface area contributed by atoms with Gasteiger partial charge in [-0.25, -0.2) is 4.79 Å². The predicted octanol–water partition coefficient (Wildman–Crippen LogP) is 1.79. The number of methoxy groups -OCH3 is 2. The first-order valence-electron chi connectivity index (χ1n) is 5.57. The summed E-state index contributed by atoms with van der Waals surface area (Å²) in [6, 6.07) is -0.323. The standard InChI is InChI=1S/C11H17N3O4/c1-7-9(13-14-12)4-8(11(15)17-3)5-10(7)18-6-16-2/h5,7,9-10H,4,6H2,1-3H3/t7-,9?,10?/m1/s1. The fraction of sp³-hybridized carbons (Fsp3) is 0.727. The van der Waals surface area contributed by atoms with Gasteiger partial charge in [-0.2, -0.15) is 0 Å².